The zero-order valence-corrected chi connectivity index (χ0v) is 20.2. The second-order valence-corrected chi connectivity index (χ2v) is 9.74. The number of nitrogens with one attached hydrogen (secondary N) is 1. The van der Waals surface area contributed by atoms with E-state index < -0.39 is 0 Å². The fraction of sp³-hybridized carbons (Fsp3) is 0.692. The van der Waals surface area contributed by atoms with Crippen molar-refractivity contribution in [1.29, 1.82) is 0 Å². The van der Waals surface area contributed by atoms with Gasteiger partial charge in [0.05, 0.1) is 12.2 Å². The quantitative estimate of drug-likeness (QED) is 0.610. The number of aryl methyl sites for hydroxylation is 1. The maximum absolute atomic E-state index is 12.7. The molecule has 0 unspecified atom stereocenters. The van der Waals surface area contributed by atoms with E-state index in [1.807, 2.05) is 25.1 Å². The molecule has 0 radical (unpaired) electrons. The fourth-order valence-electron chi connectivity index (χ4n) is 5.36. The number of carbonyl (C=O) groups is 2. The molecule has 2 fully saturated rings. The molecule has 7 heteroatoms. The molecule has 4 rings (SSSR count). The van der Waals surface area contributed by atoms with Crippen molar-refractivity contribution in [3.8, 4) is 5.75 Å². The lowest BCUT2D eigenvalue weighted by Crippen LogP contribution is -2.51. The van der Waals surface area contributed by atoms with Crippen LogP contribution in [0.15, 0.2) is 18.2 Å². The monoisotopic (exact) mass is 456 g/mol. The highest BCUT2D eigenvalue weighted by molar-refractivity contribution is 5.97. The van der Waals surface area contributed by atoms with Crippen LogP contribution in [0.2, 0.25) is 0 Å². The molecule has 33 heavy (non-hydrogen) atoms. The van der Waals surface area contributed by atoms with E-state index in [9.17, 15) is 9.59 Å². The van der Waals surface area contributed by atoms with Crippen LogP contribution in [0.4, 0.5) is 5.69 Å². The number of carbonyl (C=O) groups excluding carboxylic acids is 2. The normalized spacial score (nSPS) is 20.2. The molecule has 3 aliphatic rings. The van der Waals surface area contributed by atoms with E-state index >= 15 is 0 Å². The van der Waals surface area contributed by atoms with Crippen LogP contribution in [-0.2, 0) is 9.59 Å². The third-order valence-electron chi connectivity index (χ3n) is 7.32. The summed E-state index contributed by atoms with van der Waals surface area (Å²) in [4.78, 5) is 32.0. The van der Waals surface area contributed by atoms with Crippen molar-refractivity contribution in [2.24, 2.45) is 0 Å². The van der Waals surface area contributed by atoms with Gasteiger partial charge >= 0.3 is 0 Å². The number of piperazine rings is 1. The van der Waals surface area contributed by atoms with E-state index in [1.54, 1.807) is 4.90 Å². The van der Waals surface area contributed by atoms with Gasteiger partial charge in [-0.15, -0.1) is 0 Å². The SMILES string of the molecule is Cc1ccc2c(c1)N(C(=O)CCC(=O)NCCCN1CCN(C3CCCCC3)CC1)CCO2. The molecule has 182 valence electrons. The van der Waals surface area contributed by atoms with Crippen LogP contribution in [0.25, 0.3) is 0 Å². The molecule has 1 N–H and O–H groups in total. The predicted octanol–water partition coefficient (Wildman–Crippen LogP) is 2.96. The summed E-state index contributed by atoms with van der Waals surface area (Å²) in [5.74, 6) is 0.684. The zero-order valence-electron chi connectivity index (χ0n) is 20.2. The lowest BCUT2D eigenvalue weighted by Gasteiger charge is -2.40. The minimum absolute atomic E-state index is 0.0175. The Balaban J connectivity index is 1.09. The zero-order chi connectivity index (χ0) is 23.0. The smallest absolute Gasteiger partial charge is 0.227 e. The van der Waals surface area contributed by atoms with Crippen LogP contribution in [0.3, 0.4) is 0 Å². The Morgan fingerprint density at radius 1 is 1.03 bits per heavy atom. The van der Waals surface area contributed by atoms with Gasteiger partial charge < -0.3 is 19.9 Å². The number of nitrogens with zero attached hydrogens (tertiary/aromatic N) is 3. The first-order valence-electron chi connectivity index (χ1n) is 12.9. The molecule has 0 spiro atoms. The van der Waals surface area contributed by atoms with Gasteiger partial charge in [-0.05, 0) is 50.4 Å². The lowest BCUT2D eigenvalue weighted by molar-refractivity contribution is -0.125. The molecule has 1 saturated heterocycles. The van der Waals surface area contributed by atoms with Crippen molar-refractivity contribution in [2.75, 3.05) is 57.3 Å². The van der Waals surface area contributed by atoms with Crippen LogP contribution in [0.1, 0.15) is 56.9 Å². The van der Waals surface area contributed by atoms with Crippen molar-refractivity contribution in [1.82, 2.24) is 15.1 Å². The molecule has 1 aromatic rings. The second-order valence-electron chi connectivity index (χ2n) is 9.74. The van der Waals surface area contributed by atoms with Gasteiger partial charge in [0, 0.05) is 51.6 Å². The summed E-state index contributed by atoms with van der Waals surface area (Å²) in [6.07, 6.45) is 8.39. The van der Waals surface area contributed by atoms with Gasteiger partial charge in [0.15, 0.2) is 0 Å². The van der Waals surface area contributed by atoms with Crippen molar-refractivity contribution in [2.45, 2.75) is 64.3 Å². The number of fused-ring (bicyclic) bond motifs is 1. The molecule has 1 aromatic carbocycles. The van der Waals surface area contributed by atoms with E-state index in [1.165, 1.54) is 45.2 Å². The predicted molar refractivity (Wildman–Crippen MR) is 131 cm³/mol. The Kier molecular flexibility index (Phi) is 8.62. The number of hydrogen-bond donors (Lipinski definition) is 1. The van der Waals surface area contributed by atoms with Crippen molar-refractivity contribution in [3.63, 3.8) is 0 Å². The summed E-state index contributed by atoms with van der Waals surface area (Å²) in [6, 6.07) is 6.68. The molecule has 2 amide bonds. The molecule has 2 heterocycles. The summed E-state index contributed by atoms with van der Waals surface area (Å²) in [5, 5.41) is 3.00. The lowest BCUT2D eigenvalue weighted by atomic mass is 9.94. The van der Waals surface area contributed by atoms with E-state index in [4.69, 9.17) is 4.74 Å². The average molecular weight is 457 g/mol. The minimum atomic E-state index is -0.0387. The molecular weight excluding hydrogens is 416 g/mol. The molecule has 1 aliphatic carbocycles. The maximum atomic E-state index is 12.7. The average Bonchev–Trinajstić information content (AvgIpc) is 2.85. The Hall–Kier alpha value is -2.12. The maximum Gasteiger partial charge on any atom is 0.227 e. The number of amides is 2. The van der Waals surface area contributed by atoms with Crippen LogP contribution in [0, 0.1) is 6.92 Å². The molecule has 2 aliphatic heterocycles. The molecule has 7 nitrogen and oxygen atoms in total. The van der Waals surface area contributed by atoms with Gasteiger partial charge in [0.25, 0.3) is 0 Å². The molecule has 1 saturated carbocycles. The summed E-state index contributed by atoms with van der Waals surface area (Å²) in [7, 11) is 0. The summed E-state index contributed by atoms with van der Waals surface area (Å²) in [6.45, 7) is 9.37. The Morgan fingerprint density at radius 2 is 1.82 bits per heavy atom. The largest absolute Gasteiger partial charge is 0.490 e. The van der Waals surface area contributed by atoms with E-state index in [0.717, 1.165) is 49.1 Å². The Bertz CT molecular complexity index is 801. The summed E-state index contributed by atoms with van der Waals surface area (Å²) in [5.41, 5.74) is 1.90. The van der Waals surface area contributed by atoms with Crippen molar-refractivity contribution < 1.29 is 14.3 Å². The highest BCUT2D eigenvalue weighted by Crippen LogP contribution is 2.32. The first-order chi connectivity index (χ1) is 16.1. The first-order valence-corrected chi connectivity index (χ1v) is 12.9. The van der Waals surface area contributed by atoms with Crippen molar-refractivity contribution in [3.05, 3.63) is 23.8 Å². The number of hydrogen-bond acceptors (Lipinski definition) is 5. The highest BCUT2D eigenvalue weighted by Gasteiger charge is 2.25. The van der Waals surface area contributed by atoms with Crippen LogP contribution in [-0.4, -0.2) is 80.1 Å². The standard InChI is InChI=1S/C26H40N4O3/c1-21-8-9-24-23(20-21)30(18-19-33-24)26(32)11-10-25(31)27-12-5-13-28-14-16-29(17-15-28)22-6-3-2-4-7-22/h8-9,20,22H,2-7,10-19H2,1H3,(H,27,31). The summed E-state index contributed by atoms with van der Waals surface area (Å²) < 4.78 is 5.66. The van der Waals surface area contributed by atoms with E-state index in [-0.39, 0.29) is 24.7 Å². The Morgan fingerprint density at radius 3 is 2.61 bits per heavy atom. The third kappa shape index (κ3) is 6.70. The van der Waals surface area contributed by atoms with Crippen LogP contribution < -0.4 is 15.0 Å². The van der Waals surface area contributed by atoms with Crippen molar-refractivity contribution >= 4 is 17.5 Å². The van der Waals surface area contributed by atoms with Gasteiger partial charge in [0.1, 0.15) is 12.4 Å². The molecule has 0 atom stereocenters. The third-order valence-corrected chi connectivity index (χ3v) is 7.32. The number of ether oxygens (including phenoxy) is 1. The topological polar surface area (TPSA) is 65.1 Å². The van der Waals surface area contributed by atoms with Crippen LogP contribution in [0.5, 0.6) is 5.75 Å². The number of benzene rings is 1. The number of anilines is 1. The van der Waals surface area contributed by atoms with Gasteiger partial charge in [-0.1, -0.05) is 25.3 Å². The van der Waals surface area contributed by atoms with Gasteiger partial charge in [-0.25, -0.2) is 0 Å². The fourth-order valence-corrected chi connectivity index (χ4v) is 5.36. The number of rotatable bonds is 8. The van der Waals surface area contributed by atoms with E-state index in [0.29, 0.717) is 19.7 Å². The van der Waals surface area contributed by atoms with Crippen LogP contribution >= 0.6 is 0 Å². The van der Waals surface area contributed by atoms with Gasteiger partial charge in [-0.2, -0.15) is 0 Å². The first kappa shape index (κ1) is 24.0. The van der Waals surface area contributed by atoms with Gasteiger partial charge in [0.2, 0.25) is 11.8 Å². The highest BCUT2D eigenvalue weighted by atomic mass is 16.5. The molecular formula is C26H40N4O3. The summed E-state index contributed by atoms with van der Waals surface area (Å²) >= 11 is 0. The second kappa shape index (κ2) is 11.8. The minimum Gasteiger partial charge on any atom is -0.490 e. The molecule has 0 aromatic heterocycles. The molecule has 0 bridgehead atoms. The van der Waals surface area contributed by atoms with Gasteiger partial charge in [-0.3, -0.25) is 14.5 Å². The Labute approximate surface area is 198 Å². The van der Waals surface area contributed by atoms with E-state index in [2.05, 4.69) is 15.1 Å².